The van der Waals surface area contributed by atoms with Crippen molar-refractivity contribution in [3.63, 3.8) is 0 Å². The maximum Gasteiger partial charge on any atom is 0.416 e. The van der Waals surface area contributed by atoms with E-state index < -0.39 is 21.8 Å². The molecule has 0 radical (unpaired) electrons. The SMILES string of the molecule is O=C(CN[C@H]1CCN(S(=O)(=O)Cc2ccc(Cl)cc2Cl)C1)N1CCN(Cc2cccc(C(F)(F)F)c2)CC1. The Morgan fingerprint density at radius 3 is 2.45 bits per heavy atom. The first-order valence-corrected chi connectivity index (χ1v) is 14.6. The molecule has 0 saturated carbocycles. The number of amides is 1. The number of piperazine rings is 1. The van der Waals surface area contributed by atoms with E-state index in [4.69, 9.17) is 23.2 Å². The molecule has 2 aliphatic rings. The van der Waals surface area contributed by atoms with Crippen LogP contribution < -0.4 is 5.32 Å². The number of carbonyl (C=O) groups excluding carboxylic acids is 1. The van der Waals surface area contributed by atoms with Crippen LogP contribution in [-0.2, 0) is 33.3 Å². The van der Waals surface area contributed by atoms with Crippen LogP contribution in [-0.4, -0.2) is 80.3 Å². The van der Waals surface area contributed by atoms with Crippen LogP contribution in [0.15, 0.2) is 42.5 Å². The number of nitrogens with zero attached hydrogens (tertiary/aromatic N) is 3. The molecule has 38 heavy (non-hydrogen) atoms. The molecule has 208 valence electrons. The highest BCUT2D eigenvalue weighted by molar-refractivity contribution is 7.88. The minimum Gasteiger partial charge on any atom is -0.339 e. The second-order valence-corrected chi connectivity index (χ2v) is 12.4. The Morgan fingerprint density at radius 2 is 1.76 bits per heavy atom. The second-order valence-electron chi connectivity index (χ2n) is 9.57. The Balaban J connectivity index is 1.20. The van der Waals surface area contributed by atoms with Gasteiger partial charge >= 0.3 is 6.18 Å². The lowest BCUT2D eigenvalue weighted by atomic mass is 10.1. The fourth-order valence-corrected chi connectivity index (χ4v) is 6.85. The van der Waals surface area contributed by atoms with Crippen molar-refractivity contribution in [2.75, 3.05) is 45.8 Å². The summed E-state index contributed by atoms with van der Waals surface area (Å²) in [5.41, 5.74) is 0.400. The van der Waals surface area contributed by atoms with Crippen LogP contribution in [0.1, 0.15) is 23.1 Å². The molecule has 4 rings (SSSR count). The zero-order chi connectivity index (χ0) is 27.5. The lowest BCUT2D eigenvalue weighted by Crippen LogP contribution is -2.51. The van der Waals surface area contributed by atoms with Crippen LogP contribution in [0.2, 0.25) is 10.0 Å². The fourth-order valence-electron chi connectivity index (χ4n) is 4.68. The van der Waals surface area contributed by atoms with Crippen molar-refractivity contribution in [1.82, 2.24) is 19.4 Å². The molecule has 2 aliphatic heterocycles. The first kappa shape index (κ1) is 29.1. The largest absolute Gasteiger partial charge is 0.416 e. The number of nitrogens with one attached hydrogen (secondary N) is 1. The minimum absolute atomic E-state index is 0.0852. The third kappa shape index (κ3) is 7.61. The average molecular weight is 593 g/mol. The quantitative estimate of drug-likeness (QED) is 0.504. The fraction of sp³-hybridized carbons (Fsp3) is 0.480. The molecule has 0 aliphatic carbocycles. The van der Waals surface area contributed by atoms with Crippen molar-refractivity contribution in [1.29, 1.82) is 0 Å². The summed E-state index contributed by atoms with van der Waals surface area (Å²) >= 11 is 12.0. The van der Waals surface area contributed by atoms with Gasteiger partial charge in [-0.3, -0.25) is 9.69 Å². The van der Waals surface area contributed by atoms with Gasteiger partial charge in [-0.1, -0.05) is 47.5 Å². The molecule has 0 bridgehead atoms. The number of benzene rings is 2. The van der Waals surface area contributed by atoms with E-state index in [1.807, 2.05) is 4.90 Å². The molecule has 7 nitrogen and oxygen atoms in total. The van der Waals surface area contributed by atoms with E-state index in [1.54, 1.807) is 23.1 Å². The normalized spacial score (nSPS) is 19.7. The molecule has 2 saturated heterocycles. The molecule has 1 N–H and O–H groups in total. The summed E-state index contributed by atoms with van der Waals surface area (Å²) in [5, 5.41) is 3.91. The van der Waals surface area contributed by atoms with E-state index >= 15 is 0 Å². The summed E-state index contributed by atoms with van der Waals surface area (Å²) in [6, 6.07) is 9.88. The van der Waals surface area contributed by atoms with Crippen molar-refractivity contribution < 1.29 is 26.4 Å². The third-order valence-electron chi connectivity index (χ3n) is 6.82. The first-order valence-electron chi connectivity index (χ1n) is 12.2. The van der Waals surface area contributed by atoms with E-state index in [9.17, 15) is 26.4 Å². The van der Waals surface area contributed by atoms with E-state index in [0.717, 1.165) is 12.1 Å². The van der Waals surface area contributed by atoms with Crippen LogP contribution in [0.25, 0.3) is 0 Å². The summed E-state index contributed by atoms with van der Waals surface area (Å²) in [7, 11) is -3.58. The maximum absolute atomic E-state index is 13.0. The van der Waals surface area contributed by atoms with Crippen molar-refractivity contribution in [3.8, 4) is 0 Å². The van der Waals surface area contributed by atoms with Crippen LogP contribution in [0.4, 0.5) is 13.2 Å². The molecule has 1 amide bonds. The van der Waals surface area contributed by atoms with Gasteiger partial charge in [-0.2, -0.15) is 13.2 Å². The molecular weight excluding hydrogens is 564 g/mol. The van der Waals surface area contributed by atoms with Gasteiger partial charge in [-0.05, 0) is 35.7 Å². The van der Waals surface area contributed by atoms with Crippen molar-refractivity contribution in [2.24, 2.45) is 0 Å². The molecule has 2 fully saturated rings. The van der Waals surface area contributed by atoms with E-state index in [2.05, 4.69) is 5.32 Å². The highest BCUT2D eigenvalue weighted by Crippen LogP contribution is 2.30. The lowest BCUT2D eigenvalue weighted by molar-refractivity contribution is -0.137. The number of hydrogen-bond donors (Lipinski definition) is 1. The highest BCUT2D eigenvalue weighted by Gasteiger charge is 2.33. The van der Waals surface area contributed by atoms with E-state index in [1.165, 1.54) is 16.4 Å². The van der Waals surface area contributed by atoms with Gasteiger partial charge in [0, 0.05) is 61.9 Å². The lowest BCUT2D eigenvalue weighted by Gasteiger charge is -2.35. The number of alkyl halides is 3. The number of halogens is 5. The molecule has 2 aromatic rings. The first-order chi connectivity index (χ1) is 17.9. The Bertz CT molecular complexity index is 1250. The summed E-state index contributed by atoms with van der Waals surface area (Å²) in [6.07, 6.45) is -3.79. The van der Waals surface area contributed by atoms with Gasteiger partial charge in [-0.15, -0.1) is 0 Å². The van der Waals surface area contributed by atoms with Gasteiger partial charge in [0.1, 0.15) is 0 Å². The highest BCUT2D eigenvalue weighted by atomic mass is 35.5. The van der Waals surface area contributed by atoms with E-state index in [0.29, 0.717) is 66.9 Å². The molecule has 0 spiro atoms. The van der Waals surface area contributed by atoms with E-state index in [-0.39, 0.29) is 30.8 Å². The minimum atomic E-state index is -4.38. The summed E-state index contributed by atoms with van der Waals surface area (Å²) < 4.78 is 66.0. The Labute approximate surface area is 230 Å². The zero-order valence-electron chi connectivity index (χ0n) is 20.6. The smallest absolute Gasteiger partial charge is 0.339 e. The molecule has 2 heterocycles. The molecule has 1 atom stereocenters. The number of carbonyl (C=O) groups is 1. The van der Waals surface area contributed by atoms with Gasteiger partial charge in [-0.25, -0.2) is 12.7 Å². The maximum atomic E-state index is 13.0. The monoisotopic (exact) mass is 592 g/mol. The van der Waals surface area contributed by atoms with Gasteiger partial charge in [0.25, 0.3) is 0 Å². The molecule has 2 aromatic carbocycles. The predicted octanol–water partition coefficient (Wildman–Crippen LogP) is 3.85. The number of hydrogen-bond acceptors (Lipinski definition) is 5. The van der Waals surface area contributed by atoms with Crippen molar-refractivity contribution in [3.05, 3.63) is 69.2 Å². The molecule has 0 unspecified atom stereocenters. The predicted molar refractivity (Wildman–Crippen MR) is 140 cm³/mol. The molecular formula is C25H29Cl2F3N4O3S. The van der Waals surface area contributed by atoms with Gasteiger partial charge in [0.05, 0.1) is 17.9 Å². The Morgan fingerprint density at radius 1 is 1.03 bits per heavy atom. The average Bonchev–Trinajstić information content (AvgIpc) is 3.35. The Kier molecular flexibility index (Phi) is 9.26. The van der Waals surface area contributed by atoms with Gasteiger partial charge in [0.15, 0.2) is 0 Å². The van der Waals surface area contributed by atoms with Crippen LogP contribution in [0.5, 0.6) is 0 Å². The van der Waals surface area contributed by atoms with Crippen molar-refractivity contribution in [2.45, 2.75) is 30.9 Å². The summed E-state index contributed by atoms with van der Waals surface area (Å²) in [5.74, 6) is -0.308. The molecule has 13 heteroatoms. The van der Waals surface area contributed by atoms with Crippen LogP contribution >= 0.6 is 23.2 Å². The summed E-state index contributed by atoms with van der Waals surface area (Å²) in [6.45, 7) is 3.18. The van der Waals surface area contributed by atoms with Crippen molar-refractivity contribution >= 4 is 39.1 Å². The standard InChI is InChI=1S/C25H29Cl2F3N4O3S/c26-21-5-4-19(23(27)13-21)17-38(36,37)34-7-6-22(16-34)31-14-24(35)33-10-8-32(9-11-33)15-18-2-1-3-20(12-18)25(28,29)30/h1-5,12-13,22,31H,6-11,14-17H2/t22-/m0/s1. The topological polar surface area (TPSA) is 73.0 Å². The van der Waals surface area contributed by atoms with Crippen LogP contribution in [0, 0.1) is 0 Å². The van der Waals surface area contributed by atoms with Gasteiger partial charge in [0.2, 0.25) is 15.9 Å². The Hall–Kier alpha value is -1.89. The second kappa shape index (κ2) is 12.1. The van der Waals surface area contributed by atoms with Crippen LogP contribution in [0.3, 0.4) is 0 Å². The zero-order valence-corrected chi connectivity index (χ0v) is 22.9. The third-order valence-corrected chi connectivity index (χ3v) is 9.21. The number of rotatable bonds is 8. The summed E-state index contributed by atoms with van der Waals surface area (Å²) in [4.78, 5) is 16.5. The van der Waals surface area contributed by atoms with Gasteiger partial charge < -0.3 is 10.2 Å². The molecule has 0 aromatic heterocycles. The number of sulfonamides is 1.